The van der Waals surface area contributed by atoms with Gasteiger partial charge in [0.15, 0.2) is 0 Å². The van der Waals surface area contributed by atoms with Crippen LogP contribution in [0.15, 0.2) is 48.5 Å². The van der Waals surface area contributed by atoms with E-state index in [4.69, 9.17) is 4.74 Å². The molecule has 0 atom stereocenters. The smallest absolute Gasteiger partial charge is 0.254 e. The van der Waals surface area contributed by atoms with E-state index < -0.39 is 0 Å². The highest BCUT2D eigenvalue weighted by Crippen LogP contribution is 2.24. The van der Waals surface area contributed by atoms with Crippen LogP contribution in [0.5, 0.6) is 5.75 Å². The highest BCUT2D eigenvalue weighted by molar-refractivity contribution is 5.98. The van der Waals surface area contributed by atoms with Crippen LogP contribution in [0, 0.1) is 0 Å². The first-order chi connectivity index (χ1) is 9.28. The first kappa shape index (κ1) is 11.8. The second-order valence-electron chi connectivity index (χ2n) is 4.67. The SMILES string of the molecule is COc1ccc(CN2Cc3ccccc3C2=O)cc1. The number of hydrogen-bond acceptors (Lipinski definition) is 2. The largest absolute Gasteiger partial charge is 0.497 e. The molecular weight excluding hydrogens is 238 g/mol. The number of nitrogens with zero attached hydrogens (tertiary/aromatic N) is 1. The Morgan fingerprint density at radius 1 is 1.11 bits per heavy atom. The molecule has 0 fully saturated rings. The highest BCUT2D eigenvalue weighted by atomic mass is 16.5. The van der Waals surface area contributed by atoms with Crippen molar-refractivity contribution >= 4 is 5.91 Å². The van der Waals surface area contributed by atoms with E-state index in [1.165, 1.54) is 0 Å². The summed E-state index contributed by atoms with van der Waals surface area (Å²) < 4.78 is 5.13. The number of carbonyl (C=O) groups excluding carboxylic acids is 1. The predicted molar refractivity (Wildman–Crippen MR) is 73.0 cm³/mol. The van der Waals surface area contributed by atoms with Crippen LogP contribution in [0.2, 0.25) is 0 Å². The third kappa shape index (κ3) is 2.19. The zero-order valence-electron chi connectivity index (χ0n) is 10.8. The molecule has 1 heterocycles. The van der Waals surface area contributed by atoms with Crippen LogP contribution < -0.4 is 4.74 Å². The first-order valence-corrected chi connectivity index (χ1v) is 6.28. The third-order valence-corrected chi connectivity index (χ3v) is 3.43. The average Bonchev–Trinajstić information content (AvgIpc) is 2.77. The normalized spacial score (nSPS) is 13.5. The molecule has 0 spiro atoms. The van der Waals surface area contributed by atoms with Crippen LogP contribution in [-0.4, -0.2) is 17.9 Å². The van der Waals surface area contributed by atoms with Crippen molar-refractivity contribution in [2.45, 2.75) is 13.1 Å². The van der Waals surface area contributed by atoms with Gasteiger partial charge in [-0.25, -0.2) is 0 Å². The minimum Gasteiger partial charge on any atom is -0.497 e. The Morgan fingerprint density at radius 2 is 1.84 bits per heavy atom. The molecule has 2 aromatic rings. The lowest BCUT2D eigenvalue weighted by molar-refractivity contribution is 0.0766. The summed E-state index contributed by atoms with van der Waals surface area (Å²) in [6.45, 7) is 1.33. The average molecular weight is 253 g/mol. The summed E-state index contributed by atoms with van der Waals surface area (Å²) in [5.41, 5.74) is 3.05. The van der Waals surface area contributed by atoms with E-state index in [0.29, 0.717) is 13.1 Å². The minimum atomic E-state index is 0.117. The molecule has 0 aliphatic carbocycles. The molecule has 0 saturated carbocycles. The van der Waals surface area contributed by atoms with Crippen molar-refractivity contribution in [2.24, 2.45) is 0 Å². The number of hydrogen-bond donors (Lipinski definition) is 0. The Labute approximate surface area is 112 Å². The number of fused-ring (bicyclic) bond motifs is 1. The molecule has 1 aliphatic heterocycles. The standard InChI is InChI=1S/C16H15NO2/c1-19-14-8-6-12(7-9-14)10-17-11-13-4-2-3-5-15(13)16(17)18/h2-9H,10-11H2,1H3. The third-order valence-electron chi connectivity index (χ3n) is 3.43. The van der Waals surface area contributed by atoms with Crippen molar-refractivity contribution in [3.63, 3.8) is 0 Å². The monoisotopic (exact) mass is 253 g/mol. The van der Waals surface area contributed by atoms with Crippen LogP contribution in [0.1, 0.15) is 21.5 Å². The van der Waals surface area contributed by atoms with Crippen LogP contribution in [-0.2, 0) is 13.1 Å². The second-order valence-corrected chi connectivity index (χ2v) is 4.67. The van der Waals surface area contributed by atoms with E-state index in [1.54, 1.807) is 7.11 Å². The zero-order valence-corrected chi connectivity index (χ0v) is 10.8. The van der Waals surface area contributed by atoms with Gasteiger partial charge in [-0.2, -0.15) is 0 Å². The first-order valence-electron chi connectivity index (χ1n) is 6.28. The van der Waals surface area contributed by atoms with Gasteiger partial charge in [-0.1, -0.05) is 30.3 Å². The van der Waals surface area contributed by atoms with Gasteiger partial charge >= 0.3 is 0 Å². The Hall–Kier alpha value is -2.29. The topological polar surface area (TPSA) is 29.5 Å². The number of benzene rings is 2. The van der Waals surface area contributed by atoms with Crippen molar-refractivity contribution < 1.29 is 9.53 Å². The van der Waals surface area contributed by atoms with Gasteiger partial charge in [0.25, 0.3) is 5.91 Å². The maximum Gasteiger partial charge on any atom is 0.254 e. The lowest BCUT2D eigenvalue weighted by Crippen LogP contribution is -2.23. The molecule has 2 aromatic carbocycles. The van der Waals surface area contributed by atoms with Crippen LogP contribution in [0.25, 0.3) is 0 Å². The van der Waals surface area contributed by atoms with Gasteiger partial charge in [0.2, 0.25) is 0 Å². The number of rotatable bonds is 3. The molecule has 0 radical (unpaired) electrons. The molecule has 0 unspecified atom stereocenters. The lowest BCUT2D eigenvalue weighted by atomic mass is 10.1. The number of ether oxygens (including phenoxy) is 1. The van der Waals surface area contributed by atoms with E-state index in [0.717, 1.165) is 22.4 Å². The maximum atomic E-state index is 12.2. The fraction of sp³-hybridized carbons (Fsp3) is 0.188. The Morgan fingerprint density at radius 3 is 2.53 bits per heavy atom. The predicted octanol–water partition coefficient (Wildman–Crippen LogP) is 2.85. The summed E-state index contributed by atoms with van der Waals surface area (Å²) in [6.07, 6.45) is 0. The molecule has 19 heavy (non-hydrogen) atoms. The summed E-state index contributed by atoms with van der Waals surface area (Å²) in [5.74, 6) is 0.950. The van der Waals surface area contributed by atoms with Gasteiger partial charge in [0, 0.05) is 18.7 Å². The van der Waals surface area contributed by atoms with Gasteiger partial charge in [0.1, 0.15) is 5.75 Å². The number of amides is 1. The minimum absolute atomic E-state index is 0.117. The van der Waals surface area contributed by atoms with Gasteiger partial charge < -0.3 is 9.64 Å². The molecule has 0 saturated heterocycles. The molecular formula is C16H15NO2. The van der Waals surface area contributed by atoms with Crippen LogP contribution >= 0.6 is 0 Å². The van der Waals surface area contributed by atoms with E-state index in [2.05, 4.69) is 0 Å². The lowest BCUT2D eigenvalue weighted by Gasteiger charge is -2.15. The molecule has 0 bridgehead atoms. The molecule has 96 valence electrons. The van der Waals surface area contributed by atoms with Gasteiger partial charge in [-0.05, 0) is 29.3 Å². The summed E-state index contributed by atoms with van der Waals surface area (Å²) >= 11 is 0. The molecule has 0 aromatic heterocycles. The molecule has 3 nitrogen and oxygen atoms in total. The maximum absolute atomic E-state index is 12.2. The summed E-state index contributed by atoms with van der Waals surface area (Å²) in [4.78, 5) is 14.1. The number of methoxy groups -OCH3 is 1. The van der Waals surface area contributed by atoms with E-state index in [9.17, 15) is 4.79 Å². The Balaban J connectivity index is 1.77. The van der Waals surface area contributed by atoms with Crippen LogP contribution in [0.4, 0.5) is 0 Å². The summed E-state index contributed by atoms with van der Waals surface area (Å²) in [6, 6.07) is 15.6. The molecule has 1 amide bonds. The fourth-order valence-corrected chi connectivity index (χ4v) is 2.39. The van der Waals surface area contributed by atoms with Crippen molar-refractivity contribution in [3.8, 4) is 5.75 Å². The summed E-state index contributed by atoms with van der Waals surface area (Å²) in [5, 5.41) is 0. The Kier molecular flexibility index (Phi) is 2.95. The molecule has 3 rings (SSSR count). The summed E-state index contributed by atoms with van der Waals surface area (Å²) in [7, 11) is 1.65. The quantitative estimate of drug-likeness (QED) is 0.841. The van der Waals surface area contributed by atoms with Crippen molar-refractivity contribution in [1.82, 2.24) is 4.90 Å². The van der Waals surface area contributed by atoms with Crippen molar-refractivity contribution in [3.05, 3.63) is 65.2 Å². The van der Waals surface area contributed by atoms with Gasteiger partial charge in [0.05, 0.1) is 7.11 Å². The zero-order chi connectivity index (χ0) is 13.2. The molecule has 0 N–H and O–H groups in total. The highest BCUT2D eigenvalue weighted by Gasteiger charge is 2.26. The van der Waals surface area contributed by atoms with Gasteiger partial charge in [-0.3, -0.25) is 4.79 Å². The fourth-order valence-electron chi connectivity index (χ4n) is 2.39. The van der Waals surface area contributed by atoms with E-state index in [-0.39, 0.29) is 5.91 Å². The van der Waals surface area contributed by atoms with Crippen molar-refractivity contribution in [2.75, 3.05) is 7.11 Å². The molecule has 3 heteroatoms. The number of carbonyl (C=O) groups is 1. The van der Waals surface area contributed by atoms with Crippen molar-refractivity contribution in [1.29, 1.82) is 0 Å². The van der Waals surface area contributed by atoms with Crippen LogP contribution in [0.3, 0.4) is 0 Å². The molecule has 1 aliphatic rings. The second kappa shape index (κ2) is 4.76. The van der Waals surface area contributed by atoms with Gasteiger partial charge in [-0.15, -0.1) is 0 Å². The Bertz CT molecular complexity index is 604. The van der Waals surface area contributed by atoms with E-state index in [1.807, 2.05) is 53.4 Å². The van der Waals surface area contributed by atoms with E-state index >= 15 is 0 Å².